The second-order valence-electron chi connectivity index (χ2n) is 8.52. The summed E-state index contributed by atoms with van der Waals surface area (Å²) < 4.78 is 17.7. The topological polar surface area (TPSA) is 85.7 Å². The van der Waals surface area contributed by atoms with Crippen LogP contribution in [0.4, 0.5) is 0 Å². The molecule has 36 heavy (non-hydrogen) atoms. The Hall–Kier alpha value is -2.72. The van der Waals surface area contributed by atoms with Crippen molar-refractivity contribution in [3.05, 3.63) is 73.9 Å². The zero-order chi connectivity index (χ0) is 25.9. The Bertz CT molecular complexity index is 1340. The molecule has 7 nitrogen and oxygen atoms in total. The zero-order valence-electron chi connectivity index (χ0n) is 21.0. The van der Waals surface area contributed by atoms with Crippen LogP contribution in [0.1, 0.15) is 33.2 Å². The van der Waals surface area contributed by atoms with E-state index in [2.05, 4.69) is 51.4 Å². The molecule has 0 aliphatic carbocycles. The lowest BCUT2D eigenvalue weighted by molar-refractivity contribution is 0.0108. The molecule has 0 aliphatic rings. The maximum absolute atomic E-state index is 12.7. The average Bonchev–Trinajstić information content (AvgIpc) is 3.31. The van der Waals surface area contributed by atoms with Crippen molar-refractivity contribution < 1.29 is 19.3 Å². The molecule has 0 saturated heterocycles. The molecule has 4 aromatic rings. The van der Waals surface area contributed by atoms with Gasteiger partial charge in [-0.2, -0.15) is 4.98 Å². The summed E-state index contributed by atoms with van der Waals surface area (Å²) in [5.74, 6) is 0.700. The minimum atomic E-state index is -1.38. The maximum Gasteiger partial charge on any atom is 0.217 e. The van der Waals surface area contributed by atoms with Gasteiger partial charge in [-0.25, -0.2) is 4.98 Å². The van der Waals surface area contributed by atoms with Gasteiger partial charge in [0, 0.05) is 37.3 Å². The number of halogens is 1. The van der Waals surface area contributed by atoms with Crippen LogP contribution in [0, 0.1) is 6.92 Å². The van der Waals surface area contributed by atoms with Crippen molar-refractivity contribution >= 4 is 38.2 Å². The molecule has 190 valence electrons. The Kier molecular flexibility index (Phi) is 8.14. The van der Waals surface area contributed by atoms with E-state index in [1.54, 1.807) is 44.8 Å². The molecule has 0 aliphatic heterocycles. The molecule has 0 spiro atoms. The van der Waals surface area contributed by atoms with Gasteiger partial charge in [0.05, 0.1) is 32.8 Å². The van der Waals surface area contributed by atoms with Crippen molar-refractivity contribution in [1.82, 2.24) is 15.3 Å². The highest BCUT2D eigenvalue weighted by Crippen LogP contribution is 2.49. The Morgan fingerprint density at radius 2 is 1.72 bits per heavy atom. The Balaban J connectivity index is 2.04. The number of nitrogens with zero attached hydrogens (tertiary/aromatic N) is 2. The average molecular weight is 573 g/mol. The van der Waals surface area contributed by atoms with Crippen LogP contribution in [-0.2, 0) is 5.60 Å². The van der Waals surface area contributed by atoms with Crippen LogP contribution >= 0.6 is 27.3 Å². The molecular formula is C27H30BrN3O4S. The summed E-state index contributed by atoms with van der Waals surface area (Å²) in [6.07, 6.45) is 0.404. The maximum atomic E-state index is 12.7. The third kappa shape index (κ3) is 5.20. The van der Waals surface area contributed by atoms with E-state index in [4.69, 9.17) is 19.2 Å². The minimum absolute atomic E-state index is 0.362. The molecular weight excluding hydrogens is 542 g/mol. The summed E-state index contributed by atoms with van der Waals surface area (Å²) in [6.45, 7) is 2.63. The van der Waals surface area contributed by atoms with Crippen LogP contribution in [0.25, 0.3) is 10.9 Å². The third-order valence-electron chi connectivity index (χ3n) is 6.25. The number of thiophene rings is 1. The van der Waals surface area contributed by atoms with Gasteiger partial charge < -0.3 is 24.6 Å². The fourth-order valence-corrected chi connectivity index (χ4v) is 5.94. The number of pyridine rings is 2. The number of aromatic nitrogens is 2. The molecule has 2 atom stereocenters. The molecule has 9 heteroatoms. The van der Waals surface area contributed by atoms with E-state index in [1.165, 1.54) is 0 Å². The van der Waals surface area contributed by atoms with Crippen molar-refractivity contribution in [2.45, 2.75) is 24.9 Å². The molecule has 0 bridgehead atoms. The van der Waals surface area contributed by atoms with Crippen molar-refractivity contribution in [3.8, 4) is 17.6 Å². The summed E-state index contributed by atoms with van der Waals surface area (Å²) in [7, 11) is 6.57. The molecule has 0 saturated carbocycles. The zero-order valence-corrected chi connectivity index (χ0v) is 23.4. The number of aliphatic hydroxyl groups is 1. The van der Waals surface area contributed by atoms with E-state index in [9.17, 15) is 5.11 Å². The number of nitrogens with one attached hydrogen (secondary N) is 1. The number of aryl methyl sites for hydroxylation is 1. The van der Waals surface area contributed by atoms with Gasteiger partial charge in [-0.3, -0.25) is 0 Å². The van der Waals surface area contributed by atoms with Gasteiger partial charge >= 0.3 is 0 Å². The molecule has 0 fully saturated rings. The standard InChI is InChI=1S/C27H30BrN3O4S/c1-16-6-9-22(36-16)25(20-13-17-12-19(28)7-8-21(17)30-26(20)35-5)27(32,10-11-29-2)18-14-23(33-3)31-24(15-18)34-4/h6-9,12-15,25,29,32H,10-11H2,1-5H3. The molecule has 1 aromatic carbocycles. The highest BCUT2D eigenvalue weighted by molar-refractivity contribution is 9.10. The van der Waals surface area contributed by atoms with Crippen LogP contribution in [-0.4, -0.2) is 50.0 Å². The normalized spacial score (nSPS) is 13.9. The van der Waals surface area contributed by atoms with Gasteiger partial charge in [-0.05, 0) is 68.9 Å². The summed E-state index contributed by atoms with van der Waals surface area (Å²) in [4.78, 5) is 11.3. The van der Waals surface area contributed by atoms with E-state index >= 15 is 0 Å². The summed E-state index contributed by atoms with van der Waals surface area (Å²) in [5.41, 5.74) is 0.858. The Morgan fingerprint density at radius 1 is 1.00 bits per heavy atom. The summed E-state index contributed by atoms with van der Waals surface area (Å²) in [5, 5.41) is 16.8. The van der Waals surface area contributed by atoms with E-state index in [1.807, 2.05) is 25.2 Å². The molecule has 3 heterocycles. The number of ether oxygens (including phenoxy) is 3. The van der Waals surface area contributed by atoms with Gasteiger partial charge in [0.25, 0.3) is 0 Å². The first kappa shape index (κ1) is 26.3. The van der Waals surface area contributed by atoms with E-state index in [-0.39, 0.29) is 0 Å². The van der Waals surface area contributed by atoms with Crippen molar-refractivity contribution in [2.75, 3.05) is 34.9 Å². The molecule has 0 radical (unpaired) electrons. The highest BCUT2D eigenvalue weighted by atomic mass is 79.9. The van der Waals surface area contributed by atoms with Gasteiger partial charge in [-0.15, -0.1) is 11.3 Å². The van der Waals surface area contributed by atoms with Gasteiger partial charge in [-0.1, -0.05) is 15.9 Å². The number of methoxy groups -OCH3 is 3. The van der Waals surface area contributed by atoms with E-state index < -0.39 is 11.5 Å². The molecule has 3 aromatic heterocycles. The minimum Gasteiger partial charge on any atom is -0.481 e. The fraction of sp³-hybridized carbons (Fsp3) is 0.333. The monoisotopic (exact) mass is 571 g/mol. The fourth-order valence-electron chi connectivity index (χ4n) is 4.48. The number of hydrogen-bond acceptors (Lipinski definition) is 8. The number of fused-ring (bicyclic) bond motifs is 1. The van der Waals surface area contributed by atoms with Crippen LogP contribution < -0.4 is 19.5 Å². The lowest BCUT2D eigenvalue weighted by atomic mass is 9.74. The lowest BCUT2D eigenvalue weighted by Gasteiger charge is -2.37. The predicted octanol–water partition coefficient (Wildman–Crippen LogP) is 5.42. The largest absolute Gasteiger partial charge is 0.481 e. The van der Waals surface area contributed by atoms with Crippen LogP contribution in [0.15, 0.2) is 53.0 Å². The number of hydrogen-bond donors (Lipinski definition) is 2. The first-order valence-corrected chi connectivity index (χ1v) is 13.1. The van der Waals surface area contributed by atoms with Gasteiger partial charge in [0.15, 0.2) is 0 Å². The SMILES string of the molecule is CNCCC(O)(c1cc(OC)nc(OC)c1)C(c1ccc(C)s1)c1cc2cc(Br)ccc2nc1OC. The number of rotatable bonds is 10. The number of benzene rings is 1. The Labute approximate surface area is 223 Å². The molecule has 4 rings (SSSR count). The quantitative estimate of drug-likeness (QED) is 0.263. The smallest absolute Gasteiger partial charge is 0.217 e. The second kappa shape index (κ2) is 11.1. The predicted molar refractivity (Wildman–Crippen MR) is 147 cm³/mol. The Morgan fingerprint density at radius 3 is 2.31 bits per heavy atom. The van der Waals surface area contributed by atoms with E-state index in [0.29, 0.717) is 36.2 Å². The van der Waals surface area contributed by atoms with Gasteiger partial charge in [0.2, 0.25) is 17.6 Å². The first-order chi connectivity index (χ1) is 17.3. The van der Waals surface area contributed by atoms with Crippen LogP contribution in [0.5, 0.6) is 17.6 Å². The second-order valence-corrected chi connectivity index (χ2v) is 10.8. The van der Waals surface area contributed by atoms with Crippen LogP contribution in [0.2, 0.25) is 0 Å². The van der Waals surface area contributed by atoms with Crippen molar-refractivity contribution in [2.24, 2.45) is 0 Å². The van der Waals surface area contributed by atoms with Crippen molar-refractivity contribution in [1.29, 1.82) is 0 Å². The molecule has 2 N–H and O–H groups in total. The first-order valence-electron chi connectivity index (χ1n) is 11.5. The summed E-state index contributed by atoms with van der Waals surface area (Å²) >= 11 is 5.21. The van der Waals surface area contributed by atoms with E-state index in [0.717, 1.165) is 30.7 Å². The highest BCUT2D eigenvalue weighted by Gasteiger charge is 2.43. The summed E-state index contributed by atoms with van der Waals surface area (Å²) in [6, 6.07) is 15.6. The van der Waals surface area contributed by atoms with Crippen LogP contribution in [0.3, 0.4) is 0 Å². The van der Waals surface area contributed by atoms with Gasteiger partial charge in [0.1, 0.15) is 5.60 Å². The van der Waals surface area contributed by atoms with Crippen molar-refractivity contribution in [3.63, 3.8) is 0 Å². The molecule has 0 amide bonds. The lowest BCUT2D eigenvalue weighted by Crippen LogP contribution is -2.37. The third-order valence-corrected chi connectivity index (χ3v) is 7.81. The molecule has 2 unspecified atom stereocenters.